The van der Waals surface area contributed by atoms with Gasteiger partial charge in [0.05, 0.1) is 5.69 Å². The molecule has 0 aromatic carbocycles. The number of amides is 1. The summed E-state index contributed by atoms with van der Waals surface area (Å²) in [6, 6.07) is 2.37. The molecule has 1 atom stereocenters. The third-order valence-electron chi connectivity index (χ3n) is 4.91. The first-order valence-corrected chi connectivity index (χ1v) is 8.62. The molecule has 0 bridgehead atoms. The van der Waals surface area contributed by atoms with Gasteiger partial charge < -0.3 is 4.90 Å². The third kappa shape index (κ3) is 3.32. The van der Waals surface area contributed by atoms with Crippen LogP contribution in [-0.2, 0) is 23.9 Å². The van der Waals surface area contributed by atoms with Gasteiger partial charge in [-0.25, -0.2) is 4.98 Å². The molecule has 0 unspecified atom stereocenters. The average molecular weight is 366 g/mol. The highest BCUT2D eigenvalue weighted by Gasteiger charge is 2.33. The molecule has 3 rings (SSSR count). The fourth-order valence-corrected chi connectivity index (χ4v) is 3.16. The Morgan fingerprint density at radius 3 is 2.73 bits per heavy atom. The van der Waals surface area contributed by atoms with Crippen molar-refractivity contribution in [2.45, 2.75) is 46.3 Å². The lowest BCUT2D eigenvalue weighted by Gasteiger charge is -2.29. The fourth-order valence-electron chi connectivity index (χ4n) is 3.16. The monoisotopic (exact) mass is 366 g/mol. The van der Waals surface area contributed by atoms with Crippen LogP contribution in [0.3, 0.4) is 0 Å². The maximum Gasteiger partial charge on any atom is 0.433 e. The second-order valence-electron chi connectivity index (χ2n) is 6.68. The Morgan fingerprint density at radius 1 is 1.38 bits per heavy atom. The van der Waals surface area contributed by atoms with Crippen molar-refractivity contribution in [3.63, 3.8) is 0 Å². The van der Waals surface area contributed by atoms with Gasteiger partial charge in [0.2, 0.25) is 5.91 Å². The molecule has 3 heterocycles. The summed E-state index contributed by atoms with van der Waals surface area (Å²) in [5, 5.41) is 7.26. The van der Waals surface area contributed by atoms with Crippen LogP contribution in [0.1, 0.15) is 42.9 Å². The highest BCUT2D eigenvalue weighted by atomic mass is 19.4. The van der Waals surface area contributed by atoms with E-state index in [1.54, 1.807) is 4.90 Å². The number of rotatable bonds is 3. The summed E-state index contributed by atoms with van der Waals surface area (Å²) in [5.74, 6) is 0.0361. The summed E-state index contributed by atoms with van der Waals surface area (Å²) in [7, 11) is 0. The fraction of sp³-hybridized carbons (Fsp3) is 0.500. The zero-order chi connectivity index (χ0) is 19.1. The van der Waals surface area contributed by atoms with Crippen LogP contribution in [0.15, 0.2) is 12.1 Å². The Morgan fingerprint density at radius 2 is 2.12 bits per heavy atom. The third-order valence-corrected chi connectivity index (χ3v) is 4.91. The van der Waals surface area contributed by atoms with Gasteiger partial charge in [-0.3, -0.25) is 9.89 Å². The molecular formula is C18H21F3N4O. The van der Waals surface area contributed by atoms with Crippen LogP contribution in [0.25, 0.3) is 11.3 Å². The molecule has 0 fully saturated rings. The molecule has 0 saturated heterocycles. The van der Waals surface area contributed by atoms with E-state index in [0.717, 1.165) is 23.7 Å². The number of nitrogens with one attached hydrogen (secondary N) is 1. The zero-order valence-electron chi connectivity index (χ0n) is 14.9. The summed E-state index contributed by atoms with van der Waals surface area (Å²) in [6.45, 7) is 6.43. The van der Waals surface area contributed by atoms with Gasteiger partial charge in [-0.2, -0.15) is 18.3 Å². The van der Waals surface area contributed by atoms with Gasteiger partial charge in [-0.15, -0.1) is 0 Å². The number of aromatic nitrogens is 3. The number of hydrogen-bond acceptors (Lipinski definition) is 3. The van der Waals surface area contributed by atoms with E-state index in [0.29, 0.717) is 30.8 Å². The Kier molecular flexibility index (Phi) is 4.77. The second kappa shape index (κ2) is 6.74. The SMILES string of the molecule is CC[C@@H](C)C(=O)N1CCc2[nH]nc(-c3ccc(C(F)(F)F)nc3C)c2C1. The zero-order valence-corrected chi connectivity index (χ0v) is 14.9. The van der Waals surface area contributed by atoms with Gasteiger partial charge in [0.25, 0.3) is 0 Å². The summed E-state index contributed by atoms with van der Waals surface area (Å²) < 4.78 is 38.5. The first kappa shape index (κ1) is 18.4. The topological polar surface area (TPSA) is 61.9 Å². The average Bonchev–Trinajstić information content (AvgIpc) is 3.02. The van der Waals surface area contributed by atoms with Crippen molar-refractivity contribution in [3.8, 4) is 11.3 Å². The molecule has 0 saturated carbocycles. The van der Waals surface area contributed by atoms with Gasteiger partial charge in [0.15, 0.2) is 0 Å². The number of halogens is 3. The van der Waals surface area contributed by atoms with E-state index in [2.05, 4.69) is 15.2 Å². The lowest BCUT2D eigenvalue weighted by molar-refractivity contribution is -0.141. The highest BCUT2D eigenvalue weighted by molar-refractivity contribution is 5.79. The van der Waals surface area contributed by atoms with Crippen LogP contribution in [0.2, 0.25) is 0 Å². The Bertz CT molecular complexity index is 828. The van der Waals surface area contributed by atoms with Crippen LogP contribution in [0.4, 0.5) is 13.2 Å². The number of hydrogen-bond donors (Lipinski definition) is 1. The van der Waals surface area contributed by atoms with Gasteiger partial charge >= 0.3 is 6.18 Å². The first-order chi connectivity index (χ1) is 12.2. The first-order valence-electron chi connectivity index (χ1n) is 8.62. The molecule has 5 nitrogen and oxygen atoms in total. The number of alkyl halides is 3. The van der Waals surface area contributed by atoms with Crippen molar-refractivity contribution in [1.29, 1.82) is 0 Å². The van der Waals surface area contributed by atoms with E-state index in [9.17, 15) is 18.0 Å². The van der Waals surface area contributed by atoms with Crippen LogP contribution in [0.5, 0.6) is 0 Å². The van der Waals surface area contributed by atoms with Gasteiger partial charge in [-0.1, -0.05) is 13.8 Å². The minimum Gasteiger partial charge on any atom is -0.338 e. The van der Waals surface area contributed by atoms with Crippen LogP contribution in [-0.4, -0.2) is 32.5 Å². The highest BCUT2D eigenvalue weighted by Crippen LogP contribution is 2.33. The molecule has 0 aliphatic carbocycles. The van der Waals surface area contributed by atoms with E-state index >= 15 is 0 Å². The predicted molar refractivity (Wildman–Crippen MR) is 90.1 cm³/mol. The van der Waals surface area contributed by atoms with Crippen LogP contribution in [0, 0.1) is 12.8 Å². The molecule has 1 aliphatic heterocycles. The van der Waals surface area contributed by atoms with Gasteiger partial charge in [0, 0.05) is 47.9 Å². The molecule has 0 spiro atoms. The molecule has 0 radical (unpaired) electrons. The number of carbonyl (C=O) groups is 1. The molecular weight excluding hydrogens is 345 g/mol. The smallest absolute Gasteiger partial charge is 0.338 e. The summed E-state index contributed by atoms with van der Waals surface area (Å²) >= 11 is 0. The maximum absolute atomic E-state index is 12.8. The minimum absolute atomic E-state index is 0.0543. The van der Waals surface area contributed by atoms with Crippen molar-refractivity contribution in [2.75, 3.05) is 6.54 Å². The van der Waals surface area contributed by atoms with E-state index in [1.165, 1.54) is 13.0 Å². The summed E-state index contributed by atoms with van der Waals surface area (Å²) in [4.78, 5) is 18.0. The van der Waals surface area contributed by atoms with Crippen molar-refractivity contribution >= 4 is 5.91 Å². The molecule has 1 N–H and O–H groups in total. The van der Waals surface area contributed by atoms with E-state index in [1.807, 2.05) is 13.8 Å². The summed E-state index contributed by atoms with van der Waals surface area (Å²) in [6.07, 6.45) is -3.06. The summed E-state index contributed by atoms with van der Waals surface area (Å²) in [5.41, 5.74) is 2.25. The Balaban J connectivity index is 1.93. The molecule has 2 aromatic rings. The Labute approximate surface area is 149 Å². The quantitative estimate of drug-likeness (QED) is 0.900. The number of nitrogens with zero attached hydrogens (tertiary/aromatic N) is 3. The number of aromatic amines is 1. The van der Waals surface area contributed by atoms with Crippen molar-refractivity contribution < 1.29 is 18.0 Å². The van der Waals surface area contributed by atoms with Crippen molar-refractivity contribution in [3.05, 3.63) is 34.8 Å². The number of carbonyl (C=O) groups excluding carboxylic acids is 1. The normalized spacial score (nSPS) is 15.7. The molecule has 140 valence electrons. The molecule has 1 amide bonds. The number of aryl methyl sites for hydroxylation is 1. The van der Waals surface area contributed by atoms with Crippen molar-refractivity contribution in [1.82, 2.24) is 20.1 Å². The van der Waals surface area contributed by atoms with Crippen LogP contribution >= 0.6 is 0 Å². The largest absolute Gasteiger partial charge is 0.433 e. The van der Waals surface area contributed by atoms with Crippen molar-refractivity contribution in [2.24, 2.45) is 5.92 Å². The Hall–Kier alpha value is -2.38. The predicted octanol–water partition coefficient (Wildman–Crippen LogP) is 3.73. The van der Waals surface area contributed by atoms with Crippen LogP contribution < -0.4 is 0 Å². The molecule has 2 aromatic heterocycles. The molecule has 26 heavy (non-hydrogen) atoms. The number of pyridine rings is 1. The van der Waals surface area contributed by atoms with Gasteiger partial charge in [0.1, 0.15) is 5.69 Å². The lowest BCUT2D eigenvalue weighted by Crippen LogP contribution is -2.38. The molecule has 8 heteroatoms. The second-order valence-corrected chi connectivity index (χ2v) is 6.68. The van der Waals surface area contributed by atoms with E-state index < -0.39 is 11.9 Å². The maximum atomic E-state index is 12.8. The standard InChI is InChI=1S/C18H21F3N4O/c1-4-10(2)17(26)25-8-7-14-13(9-25)16(24-23-14)12-5-6-15(18(19,20)21)22-11(12)3/h5-6,10H,4,7-9H2,1-3H3,(H,23,24)/t10-/m1/s1. The number of H-pyrrole nitrogens is 1. The molecule has 1 aliphatic rings. The number of fused-ring (bicyclic) bond motifs is 1. The van der Waals surface area contributed by atoms with E-state index in [4.69, 9.17) is 0 Å². The van der Waals surface area contributed by atoms with E-state index in [-0.39, 0.29) is 17.5 Å². The van der Waals surface area contributed by atoms with Gasteiger partial charge in [-0.05, 0) is 25.5 Å². The lowest BCUT2D eigenvalue weighted by atomic mass is 9.98. The minimum atomic E-state index is -4.48.